The zero-order valence-electron chi connectivity index (χ0n) is 6.44. The van der Waals surface area contributed by atoms with Crippen molar-refractivity contribution in [3.63, 3.8) is 0 Å². The Morgan fingerprint density at radius 3 is 2.14 bits per heavy atom. The highest BCUT2D eigenvalue weighted by molar-refractivity contribution is 9.11. The largest absolute Gasteiger partial charge is 0.478 e. The molecule has 0 saturated carbocycles. The molecule has 0 amide bonds. The van der Waals surface area contributed by atoms with Gasteiger partial charge in [-0.1, -0.05) is 0 Å². The maximum Gasteiger partial charge on any atom is 0.339 e. The van der Waals surface area contributed by atoms with Crippen LogP contribution in [0.3, 0.4) is 0 Å². The minimum atomic E-state index is -1.50. The van der Waals surface area contributed by atoms with Crippen LogP contribution in [-0.4, -0.2) is 11.1 Å². The summed E-state index contributed by atoms with van der Waals surface area (Å²) in [5.74, 6) is -3.66. The molecule has 0 aromatic heterocycles. The summed E-state index contributed by atoms with van der Waals surface area (Å²) >= 11 is 5.30. The fraction of sp³-hybridized carbons (Fsp3) is 0. The predicted octanol–water partition coefficient (Wildman–Crippen LogP) is 2.77. The molecule has 0 fully saturated rings. The van der Waals surface area contributed by atoms with Crippen LogP contribution in [0.4, 0.5) is 14.5 Å². The summed E-state index contributed by atoms with van der Waals surface area (Å²) < 4.78 is 25.4. The first kappa shape index (κ1) is 11.4. The highest BCUT2D eigenvalue weighted by Gasteiger charge is 2.24. The molecule has 1 aromatic rings. The fourth-order valence-corrected chi connectivity index (χ4v) is 2.12. The monoisotopic (exact) mass is 329 g/mol. The van der Waals surface area contributed by atoms with Crippen molar-refractivity contribution in [2.45, 2.75) is 0 Å². The van der Waals surface area contributed by atoms with Gasteiger partial charge in [-0.3, -0.25) is 0 Å². The van der Waals surface area contributed by atoms with Crippen LogP contribution < -0.4 is 5.73 Å². The number of benzene rings is 1. The van der Waals surface area contributed by atoms with Crippen LogP contribution in [0.2, 0.25) is 0 Å². The number of aromatic carboxylic acids is 1. The molecule has 0 aliphatic carbocycles. The molecular formula is C7H3Br2F2NO2. The molecule has 0 heterocycles. The van der Waals surface area contributed by atoms with Crippen molar-refractivity contribution in [3.8, 4) is 0 Å². The summed E-state index contributed by atoms with van der Waals surface area (Å²) in [4.78, 5) is 10.6. The minimum absolute atomic E-state index is 0.379. The van der Waals surface area contributed by atoms with E-state index in [0.29, 0.717) is 0 Å². The first-order valence-corrected chi connectivity index (χ1v) is 4.81. The zero-order chi connectivity index (χ0) is 11.0. The van der Waals surface area contributed by atoms with Gasteiger partial charge < -0.3 is 10.8 Å². The van der Waals surface area contributed by atoms with Gasteiger partial charge in [0.05, 0.1) is 14.6 Å². The van der Waals surface area contributed by atoms with Gasteiger partial charge in [0.25, 0.3) is 0 Å². The minimum Gasteiger partial charge on any atom is -0.478 e. The topological polar surface area (TPSA) is 63.3 Å². The third-order valence-corrected chi connectivity index (χ3v) is 2.96. The lowest BCUT2D eigenvalue weighted by Crippen LogP contribution is -2.08. The lowest BCUT2D eigenvalue weighted by Gasteiger charge is -2.08. The van der Waals surface area contributed by atoms with Gasteiger partial charge in [-0.2, -0.15) is 0 Å². The van der Waals surface area contributed by atoms with Crippen molar-refractivity contribution < 1.29 is 18.7 Å². The molecule has 0 atom stereocenters. The van der Waals surface area contributed by atoms with Crippen LogP contribution in [-0.2, 0) is 0 Å². The Morgan fingerprint density at radius 2 is 1.71 bits per heavy atom. The second-order valence-corrected chi connectivity index (χ2v) is 3.94. The van der Waals surface area contributed by atoms with E-state index < -0.39 is 33.3 Å². The van der Waals surface area contributed by atoms with Gasteiger partial charge in [-0.15, -0.1) is 0 Å². The first-order chi connectivity index (χ1) is 6.37. The molecule has 76 valence electrons. The van der Waals surface area contributed by atoms with E-state index >= 15 is 0 Å². The smallest absolute Gasteiger partial charge is 0.339 e. The maximum atomic E-state index is 13.1. The van der Waals surface area contributed by atoms with Crippen molar-refractivity contribution in [2.75, 3.05) is 5.73 Å². The summed E-state index contributed by atoms with van der Waals surface area (Å²) in [5.41, 5.74) is 3.94. The fourth-order valence-electron chi connectivity index (χ4n) is 0.858. The van der Waals surface area contributed by atoms with Crippen molar-refractivity contribution in [2.24, 2.45) is 0 Å². The maximum absolute atomic E-state index is 13.1. The number of hydrogen-bond acceptors (Lipinski definition) is 2. The van der Waals surface area contributed by atoms with E-state index in [9.17, 15) is 13.6 Å². The van der Waals surface area contributed by atoms with Crippen LogP contribution in [0.15, 0.2) is 8.95 Å². The highest BCUT2D eigenvalue weighted by atomic mass is 79.9. The van der Waals surface area contributed by atoms with Crippen LogP contribution in [0.5, 0.6) is 0 Å². The Kier molecular flexibility index (Phi) is 3.10. The lowest BCUT2D eigenvalue weighted by atomic mass is 10.1. The van der Waals surface area contributed by atoms with E-state index in [1.54, 1.807) is 0 Å². The van der Waals surface area contributed by atoms with Gasteiger partial charge in [-0.25, -0.2) is 13.6 Å². The van der Waals surface area contributed by atoms with Crippen LogP contribution >= 0.6 is 31.9 Å². The summed E-state index contributed by atoms with van der Waals surface area (Å²) in [5, 5.41) is 8.63. The highest BCUT2D eigenvalue weighted by Crippen LogP contribution is 2.34. The van der Waals surface area contributed by atoms with Gasteiger partial charge in [0.1, 0.15) is 5.56 Å². The standard InChI is InChI=1S/C7H3Br2F2NO2/c8-2-1(7(13)14)6(12)5(11)3(9)4(2)10/h12H2,(H,13,14). The van der Waals surface area contributed by atoms with Crippen LogP contribution in [0.1, 0.15) is 10.4 Å². The van der Waals surface area contributed by atoms with Gasteiger partial charge in [-0.05, 0) is 31.9 Å². The molecule has 3 nitrogen and oxygen atoms in total. The Morgan fingerprint density at radius 1 is 1.21 bits per heavy atom. The third-order valence-electron chi connectivity index (χ3n) is 1.52. The molecule has 1 aromatic carbocycles. The van der Waals surface area contributed by atoms with E-state index in [0.717, 1.165) is 0 Å². The molecular weight excluding hydrogens is 328 g/mol. The SMILES string of the molecule is Nc1c(F)c(Br)c(F)c(Br)c1C(=O)O. The summed E-state index contributed by atoms with van der Waals surface area (Å²) in [6.45, 7) is 0. The number of nitrogens with two attached hydrogens (primary N) is 1. The molecule has 0 aliphatic heterocycles. The van der Waals surface area contributed by atoms with Gasteiger partial charge in [0.2, 0.25) is 0 Å². The third kappa shape index (κ3) is 1.61. The average Bonchev–Trinajstić information content (AvgIpc) is 2.11. The van der Waals surface area contributed by atoms with Gasteiger partial charge >= 0.3 is 5.97 Å². The van der Waals surface area contributed by atoms with Crippen molar-refractivity contribution in [1.82, 2.24) is 0 Å². The number of carboxylic acids is 1. The Balaban J connectivity index is 3.68. The number of rotatable bonds is 1. The molecule has 3 N–H and O–H groups in total. The predicted molar refractivity (Wildman–Crippen MR) is 53.1 cm³/mol. The molecule has 1 rings (SSSR count). The van der Waals surface area contributed by atoms with E-state index in [2.05, 4.69) is 31.9 Å². The second-order valence-electron chi connectivity index (χ2n) is 2.35. The number of carboxylic acid groups (broad SMARTS) is 1. The first-order valence-electron chi connectivity index (χ1n) is 3.22. The number of nitrogen functional groups attached to an aromatic ring is 1. The Bertz CT molecular complexity index is 394. The van der Waals surface area contributed by atoms with E-state index in [-0.39, 0.29) is 4.47 Å². The summed E-state index contributed by atoms with van der Waals surface area (Å²) in [7, 11) is 0. The summed E-state index contributed by atoms with van der Waals surface area (Å²) in [6.07, 6.45) is 0. The number of hydrogen-bond donors (Lipinski definition) is 2. The second kappa shape index (κ2) is 3.82. The number of carbonyl (C=O) groups is 1. The molecule has 0 spiro atoms. The van der Waals surface area contributed by atoms with Crippen LogP contribution in [0.25, 0.3) is 0 Å². The van der Waals surface area contributed by atoms with E-state index in [1.165, 1.54) is 0 Å². The molecule has 0 unspecified atom stereocenters. The van der Waals surface area contributed by atoms with Crippen molar-refractivity contribution in [3.05, 3.63) is 26.1 Å². The average molecular weight is 331 g/mol. The molecule has 0 saturated heterocycles. The van der Waals surface area contributed by atoms with Crippen molar-refractivity contribution in [1.29, 1.82) is 0 Å². The lowest BCUT2D eigenvalue weighted by molar-refractivity contribution is 0.0696. The Labute approximate surface area is 94.2 Å². The van der Waals surface area contributed by atoms with E-state index in [4.69, 9.17) is 10.8 Å². The molecule has 0 aliphatic rings. The normalized spacial score (nSPS) is 10.3. The molecule has 0 bridgehead atoms. The zero-order valence-corrected chi connectivity index (χ0v) is 9.62. The Hall–Kier alpha value is -0.690. The molecule has 0 radical (unpaired) electrons. The number of halogens is 4. The van der Waals surface area contributed by atoms with Crippen LogP contribution in [0, 0.1) is 11.6 Å². The quantitative estimate of drug-likeness (QED) is 0.473. The summed E-state index contributed by atoms with van der Waals surface area (Å²) in [6, 6.07) is 0. The number of anilines is 1. The molecule has 14 heavy (non-hydrogen) atoms. The van der Waals surface area contributed by atoms with Crippen molar-refractivity contribution >= 4 is 43.5 Å². The van der Waals surface area contributed by atoms with Gasteiger partial charge in [0, 0.05) is 0 Å². The molecule has 7 heteroatoms. The van der Waals surface area contributed by atoms with Gasteiger partial charge in [0.15, 0.2) is 11.6 Å². The van der Waals surface area contributed by atoms with E-state index in [1.807, 2.05) is 0 Å².